The number of para-hydroxylation sites is 1. The summed E-state index contributed by atoms with van der Waals surface area (Å²) in [4.78, 5) is 0. The van der Waals surface area contributed by atoms with E-state index in [2.05, 4.69) is 17.4 Å². The van der Waals surface area contributed by atoms with Gasteiger partial charge in [-0.15, -0.1) is 0 Å². The molecule has 3 unspecified atom stereocenters. The van der Waals surface area contributed by atoms with Crippen molar-refractivity contribution in [3.8, 4) is 5.75 Å². The molecule has 3 heteroatoms. The molecule has 2 heterocycles. The molecular weight excluding hydrogens is 238 g/mol. The van der Waals surface area contributed by atoms with Crippen LogP contribution in [-0.4, -0.2) is 30.9 Å². The minimum absolute atomic E-state index is 0.191. The summed E-state index contributed by atoms with van der Waals surface area (Å²) in [7, 11) is 0. The van der Waals surface area contributed by atoms with Gasteiger partial charge >= 0.3 is 0 Å². The van der Waals surface area contributed by atoms with Crippen LogP contribution in [0.5, 0.6) is 5.75 Å². The Labute approximate surface area is 115 Å². The Bertz CT molecular complexity index is 415. The van der Waals surface area contributed by atoms with Gasteiger partial charge in [-0.2, -0.15) is 0 Å². The number of hydrogen-bond donors (Lipinski definition) is 2. The van der Waals surface area contributed by atoms with Crippen LogP contribution in [-0.2, 0) is 0 Å². The average molecular weight is 261 g/mol. The SMILES string of the molecule is OC(CC1CCOc2ccccc21)C1CCCNC1. The maximum Gasteiger partial charge on any atom is 0.122 e. The molecule has 0 radical (unpaired) electrons. The average Bonchev–Trinajstić information content (AvgIpc) is 2.48. The fraction of sp³-hybridized carbons (Fsp3) is 0.625. The summed E-state index contributed by atoms with van der Waals surface area (Å²) in [5, 5.41) is 13.9. The van der Waals surface area contributed by atoms with Crippen LogP contribution in [0.15, 0.2) is 24.3 Å². The van der Waals surface area contributed by atoms with Crippen molar-refractivity contribution >= 4 is 0 Å². The van der Waals surface area contributed by atoms with Crippen molar-refractivity contribution in [3.05, 3.63) is 29.8 Å². The van der Waals surface area contributed by atoms with Gasteiger partial charge in [-0.05, 0) is 55.7 Å². The molecule has 3 nitrogen and oxygen atoms in total. The molecule has 0 saturated carbocycles. The van der Waals surface area contributed by atoms with Gasteiger partial charge in [0, 0.05) is 6.54 Å². The van der Waals surface area contributed by atoms with Crippen LogP contribution in [0.4, 0.5) is 0 Å². The van der Waals surface area contributed by atoms with Crippen molar-refractivity contribution in [2.75, 3.05) is 19.7 Å². The van der Waals surface area contributed by atoms with Crippen LogP contribution in [0.25, 0.3) is 0 Å². The van der Waals surface area contributed by atoms with Crippen LogP contribution < -0.4 is 10.1 Å². The highest BCUT2D eigenvalue weighted by Gasteiger charge is 2.28. The Kier molecular flexibility index (Phi) is 4.04. The van der Waals surface area contributed by atoms with E-state index < -0.39 is 0 Å². The smallest absolute Gasteiger partial charge is 0.122 e. The predicted molar refractivity (Wildman–Crippen MR) is 75.5 cm³/mol. The summed E-state index contributed by atoms with van der Waals surface area (Å²) in [6.45, 7) is 2.84. The van der Waals surface area contributed by atoms with Crippen LogP contribution in [0.2, 0.25) is 0 Å². The van der Waals surface area contributed by atoms with Crippen LogP contribution in [0.1, 0.15) is 37.2 Å². The van der Waals surface area contributed by atoms with Gasteiger partial charge in [0.1, 0.15) is 5.75 Å². The molecule has 104 valence electrons. The van der Waals surface area contributed by atoms with Crippen molar-refractivity contribution in [1.82, 2.24) is 5.32 Å². The third-order valence-corrected chi connectivity index (χ3v) is 4.49. The van der Waals surface area contributed by atoms with E-state index >= 15 is 0 Å². The molecule has 1 fully saturated rings. The van der Waals surface area contributed by atoms with E-state index in [-0.39, 0.29) is 6.10 Å². The lowest BCUT2D eigenvalue weighted by molar-refractivity contribution is 0.0724. The van der Waals surface area contributed by atoms with Gasteiger partial charge in [-0.25, -0.2) is 0 Å². The summed E-state index contributed by atoms with van der Waals surface area (Å²) in [6, 6.07) is 8.26. The van der Waals surface area contributed by atoms with Gasteiger partial charge in [-0.3, -0.25) is 0 Å². The summed E-state index contributed by atoms with van der Waals surface area (Å²) >= 11 is 0. The molecular formula is C16H23NO2. The monoisotopic (exact) mass is 261 g/mol. The van der Waals surface area contributed by atoms with Gasteiger partial charge in [0.25, 0.3) is 0 Å². The summed E-state index contributed by atoms with van der Waals surface area (Å²) in [5.41, 5.74) is 1.27. The second-order valence-electron chi connectivity index (χ2n) is 5.78. The maximum atomic E-state index is 10.5. The lowest BCUT2D eigenvalue weighted by Gasteiger charge is -2.32. The van der Waals surface area contributed by atoms with Crippen molar-refractivity contribution < 1.29 is 9.84 Å². The second-order valence-corrected chi connectivity index (χ2v) is 5.78. The Hall–Kier alpha value is -1.06. The minimum Gasteiger partial charge on any atom is -0.493 e. The number of ether oxygens (including phenoxy) is 1. The zero-order chi connectivity index (χ0) is 13.1. The topological polar surface area (TPSA) is 41.5 Å². The van der Waals surface area contributed by atoms with Gasteiger partial charge in [0.2, 0.25) is 0 Å². The summed E-state index contributed by atoms with van der Waals surface area (Å²) in [6.07, 6.45) is 4.04. The molecule has 0 bridgehead atoms. The molecule has 0 spiro atoms. The van der Waals surface area contributed by atoms with E-state index in [1.54, 1.807) is 0 Å². The van der Waals surface area contributed by atoms with E-state index in [1.807, 2.05) is 12.1 Å². The summed E-state index contributed by atoms with van der Waals surface area (Å²) < 4.78 is 5.69. The van der Waals surface area contributed by atoms with Crippen molar-refractivity contribution in [2.45, 2.75) is 37.7 Å². The molecule has 3 rings (SSSR count). The number of aliphatic hydroxyl groups is 1. The molecule has 1 saturated heterocycles. The number of hydrogen-bond acceptors (Lipinski definition) is 3. The Balaban J connectivity index is 1.66. The minimum atomic E-state index is -0.191. The maximum absolute atomic E-state index is 10.5. The second kappa shape index (κ2) is 5.93. The van der Waals surface area contributed by atoms with Crippen LogP contribution >= 0.6 is 0 Å². The molecule has 3 atom stereocenters. The van der Waals surface area contributed by atoms with Crippen molar-refractivity contribution in [3.63, 3.8) is 0 Å². The predicted octanol–water partition coefficient (Wildman–Crippen LogP) is 2.30. The van der Waals surface area contributed by atoms with Gasteiger partial charge in [0.05, 0.1) is 12.7 Å². The van der Waals surface area contributed by atoms with E-state index in [4.69, 9.17) is 4.74 Å². The highest BCUT2D eigenvalue weighted by atomic mass is 16.5. The molecule has 19 heavy (non-hydrogen) atoms. The van der Waals surface area contributed by atoms with Gasteiger partial charge in [0.15, 0.2) is 0 Å². The first-order valence-electron chi connectivity index (χ1n) is 7.45. The number of nitrogens with one attached hydrogen (secondary N) is 1. The van der Waals surface area contributed by atoms with Crippen LogP contribution in [0, 0.1) is 5.92 Å². The zero-order valence-corrected chi connectivity index (χ0v) is 11.3. The van der Waals surface area contributed by atoms with Crippen molar-refractivity contribution in [2.24, 2.45) is 5.92 Å². The molecule has 0 aromatic heterocycles. The number of aliphatic hydroxyl groups excluding tert-OH is 1. The number of benzene rings is 1. The Morgan fingerprint density at radius 2 is 2.21 bits per heavy atom. The first-order valence-corrected chi connectivity index (χ1v) is 7.45. The fourth-order valence-corrected chi connectivity index (χ4v) is 3.35. The quantitative estimate of drug-likeness (QED) is 0.877. The van der Waals surface area contributed by atoms with Crippen LogP contribution in [0.3, 0.4) is 0 Å². The first-order chi connectivity index (χ1) is 9.34. The largest absolute Gasteiger partial charge is 0.493 e. The fourth-order valence-electron chi connectivity index (χ4n) is 3.35. The van der Waals surface area contributed by atoms with E-state index in [1.165, 1.54) is 12.0 Å². The normalized spacial score (nSPS) is 28.3. The van der Waals surface area contributed by atoms with Crippen molar-refractivity contribution in [1.29, 1.82) is 0 Å². The first kappa shape index (κ1) is 12.9. The molecule has 2 N–H and O–H groups in total. The highest BCUT2D eigenvalue weighted by Crippen LogP contribution is 2.37. The number of rotatable bonds is 3. The molecule has 1 aromatic carbocycles. The third-order valence-electron chi connectivity index (χ3n) is 4.49. The number of fused-ring (bicyclic) bond motifs is 1. The molecule has 1 aromatic rings. The van der Waals surface area contributed by atoms with E-state index in [0.717, 1.165) is 44.7 Å². The molecule has 2 aliphatic heterocycles. The Morgan fingerprint density at radius 1 is 1.32 bits per heavy atom. The number of piperidine rings is 1. The van der Waals surface area contributed by atoms with E-state index in [9.17, 15) is 5.11 Å². The van der Waals surface area contributed by atoms with Gasteiger partial charge < -0.3 is 15.2 Å². The third kappa shape index (κ3) is 2.93. The Morgan fingerprint density at radius 3 is 3.05 bits per heavy atom. The summed E-state index contributed by atoms with van der Waals surface area (Å²) in [5.74, 6) is 1.87. The highest BCUT2D eigenvalue weighted by molar-refractivity contribution is 5.37. The zero-order valence-electron chi connectivity index (χ0n) is 11.3. The standard InChI is InChI=1S/C16H23NO2/c18-15(13-4-3-8-17-11-13)10-12-7-9-19-16-6-2-1-5-14(12)16/h1-2,5-6,12-13,15,17-18H,3-4,7-11H2. The lowest BCUT2D eigenvalue weighted by Crippen LogP contribution is -2.37. The molecule has 0 amide bonds. The molecule has 2 aliphatic rings. The molecule has 0 aliphatic carbocycles. The lowest BCUT2D eigenvalue weighted by atomic mass is 9.83. The van der Waals surface area contributed by atoms with Gasteiger partial charge in [-0.1, -0.05) is 18.2 Å². The van der Waals surface area contributed by atoms with E-state index in [0.29, 0.717) is 11.8 Å².